The minimum atomic E-state index is -3.63. The van der Waals surface area contributed by atoms with Crippen LogP contribution in [0.4, 0.5) is 5.13 Å². The van der Waals surface area contributed by atoms with Crippen LogP contribution >= 0.6 is 27.3 Å². The third kappa shape index (κ3) is 5.17. The van der Waals surface area contributed by atoms with Crippen molar-refractivity contribution in [2.75, 3.05) is 31.2 Å². The Morgan fingerprint density at radius 3 is 2.46 bits per heavy atom. The number of sulfonamides is 1. The molecule has 10 heteroatoms. The number of nitrogens with zero attached hydrogens (tertiary/aromatic N) is 3. The zero-order valence-electron chi connectivity index (χ0n) is 18.6. The highest BCUT2D eigenvalue weighted by Crippen LogP contribution is 2.32. The quantitative estimate of drug-likeness (QED) is 0.328. The first-order valence-electron chi connectivity index (χ1n) is 11.0. The molecule has 3 aromatic carbocycles. The van der Waals surface area contributed by atoms with Gasteiger partial charge in [-0.25, -0.2) is 13.4 Å². The molecular weight excluding hydrogens is 550 g/mol. The number of morpholine rings is 1. The molecule has 0 radical (unpaired) electrons. The maximum atomic E-state index is 13.7. The van der Waals surface area contributed by atoms with Gasteiger partial charge in [0, 0.05) is 23.1 Å². The third-order valence-electron chi connectivity index (χ3n) is 5.71. The number of hydrogen-bond donors (Lipinski definition) is 0. The fraction of sp³-hybridized carbons (Fsp3) is 0.200. The van der Waals surface area contributed by atoms with E-state index < -0.39 is 10.0 Å². The van der Waals surface area contributed by atoms with E-state index in [4.69, 9.17) is 9.72 Å². The molecule has 1 saturated heterocycles. The van der Waals surface area contributed by atoms with Gasteiger partial charge in [-0.1, -0.05) is 57.6 Å². The lowest BCUT2D eigenvalue weighted by Crippen LogP contribution is -2.40. The SMILES string of the molecule is O=C(c1ccc(S(=O)(=O)N2CCOCC2)cc1)N(Cc1ccccc1)c1nc2ccc(Br)cc2s1. The van der Waals surface area contributed by atoms with Crippen LogP contribution in [0, 0.1) is 0 Å². The molecule has 1 fully saturated rings. The zero-order valence-corrected chi connectivity index (χ0v) is 21.9. The number of carbonyl (C=O) groups is 1. The second-order valence-corrected chi connectivity index (χ2v) is 11.9. The molecule has 1 amide bonds. The van der Waals surface area contributed by atoms with Crippen LogP contribution in [0.15, 0.2) is 82.2 Å². The summed E-state index contributed by atoms with van der Waals surface area (Å²) in [6.07, 6.45) is 0. The van der Waals surface area contributed by atoms with Gasteiger partial charge in [-0.05, 0) is 48.0 Å². The van der Waals surface area contributed by atoms with Gasteiger partial charge in [0.15, 0.2) is 5.13 Å². The van der Waals surface area contributed by atoms with Gasteiger partial charge in [0.05, 0.1) is 34.9 Å². The summed E-state index contributed by atoms with van der Waals surface area (Å²) in [6, 6.07) is 21.6. The molecule has 0 atom stereocenters. The molecule has 1 aliphatic rings. The number of fused-ring (bicyclic) bond motifs is 1. The molecule has 1 aromatic heterocycles. The Morgan fingerprint density at radius 2 is 1.74 bits per heavy atom. The van der Waals surface area contributed by atoms with Gasteiger partial charge >= 0.3 is 0 Å². The number of carbonyl (C=O) groups excluding carboxylic acids is 1. The minimum Gasteiger partial charge on any atom is -0.379 e. The number of thiazole rings is 1. The molecule has 7 nitrogen and oxygen atoms in total. The predicted molar refractivity (Wildman–Crippen MR) is 140 cm³/mol. The molecule has 0 aliphatic carbocycles. The van der Waals surface area contributed by atoms with Crippen molar-refractivity contribution in [1.29, 1.82) is 0 Å². The van der Waals surface area contributed by atoms with Gasteiger partial charge < -0.3 is 4.74 Å². The lowest BCUT2D eigenvalue weighted by molar-refractivity contribution is 0.0730. The topological polar surface area (TPSA) is 79.8 Å². The largest absolute Gasteiger partial charge is 0.379 e. The molecule has 2 heterocycles. The predicted octanol–water partition coefficient (Wildman–Crippen LogP) is 4.93. The molecule has 0 N–H and O–H groups in total. The van der Waals surface area contributed by atoms with E-state index in [2.05, 4.69) is 15.9 Å². The molecule has 0 spiro atoms. The Labute approximate surface area is 216 Å². The van der Waals surface area contributed by atoms with E-state index in [0.717, 1.165) is 20.3 Å². The van der Waals surface area contributed by atoms with Crippen LogP contribution in [0.25, 0.3) is 10.2 Å². The van der Waals surface area contributed by atoms with Crippen molar-refractivity contribution in [3.63, 3.8) is 0 Å². The second kappa shape index (κ2) is 10.2. The van der Waals surface area contributed by atoms with E-state index in [1.165, 1.54) is 27.8 Å². The number of benzene rings is 3. The highest BCUT2D eigenvalue weighted by atomic mass is 79.9. The summed E-state index contributed by atoms with van der Waals surface area (Å²) >= 11 is 4.93. The summed E-state index contributed by atoms with van der Waals surface area (Å²) in [6.45, 7) is 1.74. The number of ether oxygens (including phenoxy) is 1. The van der Waals surface area contributed by atoms with E-state index in [1.807, 2.05) is 48.5 Å². The van der Waals surface area contributed by atoms with Crippen molar-refractivity contribution in [2.24, 2.45) is 0 Å². The molecule has 1 aliphatic heterocycles. The normalized spacial score (nSPS) is 14.8. The van der Waals surface area contributed by atoms with Crippen LogP contribution in [0.5, 0.6) is 0 Å². The average molecular weight is 573 g/mol. The molecule has 0 bridgehead atoms. The van der Waals surface area contributed by atoms with E-state index >= 15 is 0 Å². The Bertz CT molecular complexity index is 1450. The van der Waals surface area contributed by atoms with Crippen molar-refractivity contribution in [3.05, 3.63) is 88.4 Å². The summed E-state index contributed by atoms with van der Waals surface area (Å²) in [5.74, 6) is -0.248. The lowest BCUT2D eigenvalue weighted by atomic mass is 10.1. The fourth-order valence-corrected chi connectivity index (χ4v) is 6.78. The van der Waals surface area contributed by atoms with Gasteiger partial charge in [-0.2, -0.15) is 4.31 Å². The van der Waals surface area contributed by atoms with Gasteiger partial charge in [-0.15, -0.1) is 0 Å². The first-order valence-corrected chi connectivity index (χ1v) is 14.1. The lowest BCUT2D eigenvalue weighted by Gasteiger charge is -2.26. The van der Waals surface area contributed by atoms with E-state index in [1.54, 1.807) is 17.0 Å². The summed E-state index contributed by atoms with van der Waals surface area (Å²) in [7, 11) is -3.63. The van der Waals surface area contributed by atoms with Crippen LogP contribution in [0.3, 0.4) is 0 Å². The average Bonchev–Trinajstić information content (AvgIpc) is 3.31. The summed E-state index contributed by atoms with van der Waals surface area (Å²) in [4.78, 5) is 20.2. The number of anilines is 1. The van der Waals surface area contributed by atoms with Crippen molar-refractivity contribution in [2.45, 2.75) is 11.4 Å². The Morgan fingerprint density at radius 1 is 1.03 bits per heavy atom. The van der Waals surface area contributed by atoms with E-state index in [9.17, 15) is 13.2 Å². The second-order valence-electron chi connectivity index (χ2n) is 8.03. The summed E-state index contributed by atoms with van der Waals surface area (Å²) < 4.78 is 34.5. The molecule has 35 heavy (non-hydrogen) atoms. The van der Waals surface area contributed by atoms with Crippen LogP contribution in [0.1, 0.15) is 15.9 Å². The van der Waals surface area contributed by atoms with Crippen molar-refractivity contribution >= 4 is 58.5 Å². The Kier molecular flexibility index (Phi) is 6.99. The highest BCUT2D eigenvalue weighted by molar-refractivity contribution is 9.10. The Balaban J connectivity index is 1.47. The summed E-state index contributed by atoms with van der Waals surface area (Å²) in [5.41, 5.74) is 2.17. The molecule has 4 aromatic rings. The standard InChI is InChI=1S/C25H22BrN3O4S2/c26-20-8-11-22-23(16-20)34-25(27-22)29(17-18-4-2-1-3-5-18)24(30)19-6-9-21(10-7-19)35(31,32)28-12-14-33-15-13-28/h1-11,16H,12-15,17H2. The fourth-order valence-electron chi connectivity index (χ4n) is 3.86. The highest BCUT2D eigenvalue weighted by Gasteiger charge is 2.27. The van der Waals surface area contributed by atoms with E-state index in [0.29, 0.717) is 43.5 Å². The van der Waals surface area contributed by atoms with Crippen molar-refractivity contribution < 1.29 is 17.9 Å². The third-order valence-corrected chi connectivity index (χ3v) is 9.16. The van der Waals surface area contributed by atoms with Crippen LogP contribution in [-0.4, -0.2) is 49.9 Å². The number of amides is 1. The number of rotatable bonds is 6. The minimum absolute atomic E-state index is 0.162. The van der Waals surface area contributed by atoms with E-state index in [-0.39, 0.29) is 10.8 Å². The maximum absolute atomic E-state index is 13.7. The molecular formula is C25H22BrN3O4S2. The number of hydrogen-bond acceptors (Lipinski definition) is 6. The first-order chi connectivity index (χ1) is 16.9. The number of halogens is 1. The van der Waals surface area contributed by atoms with Gasteiger partial charge in [0.2, 0.25) is 10.0 Å². The first kappa shape index (κ1) is 24.1. The van der Waals surface area contributed by atoms with Crippen molar-refractivity contribution in [3.8, 4) is 0 Å². The van der Waals surface area contributed by atoms with Crippen molar-refractivity contribution in [1.82, 2.24) is 9.29 Å². The zero-order chi connectivity index (χ0) is 24.4. The Hall–Kier alpha value is -2.63. The van der Waals surface area contributed by atoms with Crippen LogP contribution in [0.2, 0.25) is 0 Å². The smallest absolute Gasteiger partial charge is 0.260 e. The van der Waals surface area contributed by atoms with Gasteiger partial charge in [0.25, 0.3) is 5.91 Å². The monoisotopic (exact) mass is 571 g/mol. The molecule has 5 rings (SSSR count). The van der Waals surface area contributed by atoms with Crippen LogP contribution in [-0.2, 0) is 21.3 Å². The van der Waals surface area contributed by atoms with Gasteiger partial charge in [-0.3, -0.25) is 9.69 Å². The molecule has 0 unspecified atom stereocenters. The van der Waals surface area contributed by atoms with Crippen LogP contribution < -0.4 is 4.90 Å². The maximum Gasteiger partial charge on any atom is 0.260 e. The molecule has 180 valence electrons. The summed E-state index contributed by atoms with van der Waals surface area (Å²) in [5, 5.41) is 0.581. The molecule has 0 saturated carbocycles. The number of aromatic nitrogens is 1. The van der Waals surface area contributed by atoms with Gasteiger partial charge in [0.1, 0.15) is 0 Å².